The SMILES string of the molecule is CC(C)c1c2oc3cc4cc(N(c5ccccc5)c5cccc6c5oc5c(C(C)(C)C)cccc56)ccc4cc3c2cc2oc3cc4cc(N(c5ccccc5)c5cccc6c5oc5c(C(C)(C)C)cccc56)ccc4cc3c12. The lowest BCUT2D eigenvalue weighted by Crippen LogP contribution is -2.11. The predicted molar refractivity (Wildman–Crippen MR) is 331 cm³/mol. The second-order valence-electron chi connectivity index (χ2n) is 23.9. The van der Waals surface area contributed by atoms with E-state index in [1.807, 2.05) is 0 Å². The molecule has 0 radical (unpaired) electrons. The van der Waals surface area contributed by atoms with E-state index < -0.39 is 0 Å². The molecule has 4 heterocycles. The minimum Gasteiger partial charge on any atom is -0.456 e. The van der Waals surface area contributed by atoms with Gasteiger partial charge < -0.3 is 27.5 Å². The van der Waals surface area contributed by atoms with Crippen molar-refractivity contribution in [1.82, 2.24) is 0 Å². The van der Waals surface area contributed by atoms with E-state index in [1.165, 1.54) is 11.1 Å². The predicted octanol–water partition coefficient (Wildman–Crippen LogP) is 22.2. The van der Waals surface area contributed by atoms with Crippen molar-refractivity contribution in [1.29, 1.82) is 0 Å². The van der Waals surface area contributed by atoms with Crippen LogP contribution in [-0.2, 0) is 10.8 Å². The molecule has 6 nitrogen and oxygen atoms in total. The number of hydrogen-bond acceptors (Lipinski definition) is 6. The molecule has 15 rings (SSSR count). The van der Waals surface area contributed by atoms with Gasteiger partial charge in [-0.1, -0.05) is 165 Å². The summed E-state index contributed by atoms with van der Waals surface area (Å²) in [5.74, 6) is 0.145. The maximum atomic E-state index is 7.08. The summed E-state index contributed by atoms with van der Waals surface area (Å²) < 4.78 is 28.0. The van der Waals surface area contributed by atoms with Gasteiger partial charge in [-0.15, -0.1) is 0 Å². The van der Waals surface area contributed by atoms with E-state index in [0.717, 1.165) is 149 Å². The maximum Gasteiger partial charge on any atom is 0.159 e. The van der Waals surface area contributed by atoms with Crippen LogP contribution < -0.4 is 9.80 Å². The number of rotatable bonds is 7. The Hall–Kier alpha value is -9.26. The molecule has 384 valence electrons. The number of nitrogens with zero attached hydrogens (tertiary/aromatic N) is 2. The number of fused-ring (bicyclic) bond motifs is 14. The largest absolute Gasteiger partial charge is 0.456 e. The van der Waals surface area contributed by atoms with Crippen LogP contribution in [0.25, 0.3) is 109 Å². The summed E-state index contributed by atoms with van der Waals surface area (Å²) in [6.45, 7) is 18.0. The third-order valence-electron chi connectivity index (χ3n) is 16.3. The average molecular weight is 1030 g/mol. The van der Waals surface area contributed by atoms with Gasteiger partial charge in [0.2, 0.25) is 0 Å². The molecular formula is C73H58N2O4. The Morgan fingerprint density at radius 2 is 0.772 bits per heavy atom. The summed E-state index contributed by atoms with van der Waals surface area (Å²) in [4.78, 5) is 4.63. The Labute approximate surface area is 457 Å². The highest BCUT2D eigenvalue weighted by molar-refractivity contribution is 6.21. The fourth-order valence-corrected chi connectivity index (χ4v) is 12.6. The average Bonchev–Trinajstić information content (AvgIpc) is 3.94. The van der Waals surface area contributed by atoms with Crippen LogP contribution >= 0.6 is 0 Å². The van der Waals surface area contributed by atoms with Gasteiger partial charge in [0.15, 0.2) is 11.2 Å². The summed E-state index contributed by atoms with van der Waals surface area (Å²) in [5, 5.41) is 13.1. The highest BCUT2D eigenvalue weighted by Crippen LogP contribution is 2.49. The number of hydrogen-bond donors (Lipinski definition) is 0. The lowest BCUT2D eigenvalue weighted by Gasteiger charge is -2.25. The highest BCUT2D eigenvalue weighted by Gasteiger charge is 2.28. The second kappa shape index (κ2) is 17.1. The van der Waals surface area contributed by atoms with Crippen molar-refractivity contribution < 1.29 is 17.7 Å². The lowest BCUT2D eigenvalue weighted by atomic mass is 9.86. The van der Waals surface area contributed by atoms with E-state index in [1.54, 1.807) is 0 Å². The van der Waals surface area contributed by atoms with Crippen LogP contribution in [0.4, 0.5) is 34.1 Å². The number of anilines is 6. The Morgan fingerprint density at radius 1 is 0.316 bits per heavy atom. The molecule has 6 heteroatoms. The Balaban J connectivity index is 0.856. The van der Waals surface area contributed by atoms with Crippen molar-refractivity contribution in [2.45, 2.75) is 72.1 Å². The first kappa shape index (κ1) is 47.0. The van der Waals surface area contributed by atoms with Gasteiger partial charge in [0.25, 0.3) is 0 Å². The Kier molecular flexibility index (Phi) is 10.2. The fraction of sp³-hybridized carbons (Fsp3) is 0.151. The van der Waals surface area contributed by atoms with Crippen LogP contribution in [0.1, 0.15) is 78.0 Å². The van der Waals surface area contributed by atoms with Gasteiger partial charge in [0, 0.05) is 82.5 Å². The van der Waals surface area contributed by atoms with Crippen molar-refractivity contribution in [2.24, 2.45) is 0 Å². The first-order valence-electron chi connectivity index (χ1n) is 27.6. The Bertz CT molecular complexity index is 4770. The molecular weight excluding hydrogens is 969 g/mol. The number of furan rings is 4. The molecule has 0 aliphatic carbocycles. The molecule has 0 unspecified atom stereocenters. The van der Waals surface area contributed by atoms with E-state index in [-0.39, 0.29) is 16.7 Å². The minimum absolute atomic E-state index is 0.0828. The van der Waals surface area contributed by atoms with Crippen LogP contribution in [0.5, 0.6) is 0 Å². The molecule has 0 atom stereocenters. The quantitative estimate of drug-likeness (QED) is 0.159. The summed E-state index contributed by atoms with van der Waals surface area (Å²) in [6, 6.07) is 71.8. The molecule has 4 aromatic heterocycles. The van der Waals surface area contributed by atoms with E-state index in [9.17, 15) is 0 Å². The zero-order valence-corrected chi connectivity index (χ0v) is 45.7. The molecule has 11 aromatic carbocycles. The highest BCUT2D eigenvalue weighted by atomic mass is 16.3. The van der Waals surface area contributed by atoms with Crippen LogP contribution in [0.15, 0.2) is 218 Å². The second-order valence-corrected chi connectivity index (χ2v) is 23.9. The maximum absolute atomic E-state index is 7.08. The molecule has 0 saturated carbocycles. The molecule has 0 aliphatic rings. The number of benzene rings is 11. The smallest absolute Gasteiger partial charge is 0.159 e. The zero-order chi connectivity index (χ0) is 53.6. The molecule has 0 saturated heterocycles. The molecule has 0 spiro atoms. The van der Waals surface area contributed by atoms with Gasteiger partial charge in [-0.2, -0.15) is 0 Å². The topological polar surface area (TPSA) is 59.0 Å². The van der Waals surface area contributed by atoms with E-state index in [2.05, 4.69) is 265 Å². The van der Waals surface area contributed by atoms with Gasteiger partial charge in [-0.3, -0.25) is 0 Å². The number of para-hydroxylation sites is 6. The van der Waals surface area contributed by atoms with Crippen molar-refractivity contribution in [3.63, 3.8) is 0 Å². The van der Waals surface area contributed by atoms with Crippen LogP contribution in [0.2, 0.25) is 0 Å². The van der Waals surface area contributed by atoms with Gasteiger partial charge in [-0.25, -0.2) is 0 Å². The first-order chi connectivity index (χ1) is 38.2. The van der Waals surface area contributed by atoms with Crippen molar-refractivity contribution in [2.75, 3.05) is 9.80 Å². The van der Waals surface area contributed by atoms with Gasteiger partial charge in [0.1, 0.15) is 33.5 Å². The monoisotopic (exact) mass is 1030 g/mol. The van der Waals surface area contributed by atoms with Crippen molar-refractivity contribution in [3.8, 4) is 0 Å². The fourth-order valence-electron chi connectivity index (χ4n) is 12.6. The molecule has 15 aromatic rings. The molecule has 0 aliphatic heterocycles. The molecule has 0 bridgehead atoms. The first-order valence-corrected chi connectivity index (χ1v) is 27.6. The van der Waals surface area contributed by atoms with Crippen LogP contribution in [0.3, 0.4) is 0 Å². The Morgan fingerprint density at radius 3 is 1.25 bits per heavy atom. The lowest BCUT2D eigenvalue weighted by molar-refractivity contribution is 0.572. The molecule has 0 amide bonds. The van der Waals surface area contributed by atoms with Crippen LogP contribution in [0, 0.1) is 0 Å². The normalized spacial score (nSPS) is 12.7. The standard InChI is InChI=1S/C73H58N2O4/c1-42(2)65-66-57-38-44-32-34-50(75(48-21-13-10-14-22-48)61-30-18-26-54-52-24-16-28-59(73(6,7)8)68(52)79-70(54)61)36-46(44)40-63(57)76-64(66)41-56-55-37-43-31-33-49(35-45(43)39-62(55)77-71(56)65)74(47-19-11-9-12-20-47)60-29-17-25-53-51-23-15-27-58(72(3,4)5)67(51)78-69(53)60/h9-42H,1-8H3. The van der Waals surface area contributed by atoms with E-state index >= 15 is 0 Å². The minimum atomic E-state index is -0.0828. The van der Waals surface area contributed by atoms with E-state index in [0.29, 0.717) is 0 Å². The summed E-state index contributed by atoms with van der Waals surface area (Å²) in [6.07, 6.45) is 0. The van der Waals surface area contributed by atoms with Gasteiger partial charge in [0.05, 0.1) is 11.4 Å². The van der Waals surface area contributed by atoms with Crippen LogP contribution in [-0.4, -0.2) is 0 Å². The zero-order valence-electron chi connectivity index (χ0n) is 45.7. The molecule has 79 heavy (non-hydrogen) atoms. The van der Waals surface area contributed by atoms with Gasteiger partial charge in [-0.05, 0) is 129 Å². The van der Waals surface area contributed by atoms with Crippen molar-refractivity contribution in [3.05, 3.63) is 217 Å². The van der Waals surface area contributed by atoms with Gasteiger partial charge >= 0.3 is 0 Å². The summed E-state index contributed by atoms with van der Waals surface area (Å²) in [7, 11) is 0. The third kappa shape index (κ3) is 7.30. The molecule has 0 fully saturated rings. The molecule has 0 N–H and O–H groups in total. The third-order valence-corrected chi connectivity index (χ3v) is 16.3. The summed E-state index contributed by atoms with van der Waals surface area (Å²) >= 11 is 0. The van der Waals surface area contributed by atoms with E-state index in [4.69, 9.17) is 17.7 Å². The summed E-state index contributed by atoms with van der Waals surface area (Å²) in [5.41, 5.74) is 16.5. The van der Waals surface area contributed by atoms with Crippen molar-refractivity contribution >= 4 is 143 Å².